The molecule has 0 saturated carbocycles. The van der Waals surface area contributed by atoms with E-state index in [0.29, 0.717) is 27.4 Å². The van der Waals surface area contributed by atoms with Crippen LogP contribution in [-0.4, -0.2) is 19.6 Å². The Morgan fingerprint density at radius 1 is 0.933 bits per heavy atom. The molecule has 0 fully saturated rings. The van der Waals surface area contributed by atoms with Gasteiger partial charge in [0, 0.05) is 22.2 Å². The fourth-order valence-electron chi connectivity index (χ4n) is 3.50. The summed E-state index contributed by atoms with van der Waals surface area (Å²) in [6, 6.07) is 21.0. The van der Waals surface area contributed by atoms with E-state index in [0.717, 1.165) is 16.8 Å². The fraction of sp³-hybridized carbons (Fsp3) is 0. The molecule has 3 aromatic heterocycles. The molecule has 8 heteroatoms. The van der Waals surface area contributed by atoms with Crippen molar-refractivity contribution >= 4 is 39.8 Å². The van der Waals surface area contributed by atoms with Crippen LogP contribution in [0.15, 0.2) is 60.7 Å². The lowest BCUT2D eigenvalue weighted by atomic mass is 10.0. The highest BCUT2D eigenvalue weighted by molar-refractivity contribution is 6.30. The van der Waals surface area contributed by atoms with Crippen molar-refractivity contribution in [2.75, 3.05) is 11.5 Å². The molecule has 5 rings (SSSR count). The van der Waals surface area contributed by atoms with E-state index >= 15 is 0 Å². The van der Waals surface area contributed by atoms with E-state index < -0.39 is 0 Å². The second kappa shape index (κ2) is 6.72. The molecule has 0 unspecified atom stereocenters. The van der Waals surface area contributed by atoms with Gasteiger partial charge in [0.15, 0.2) is 11.3 Å². The van der Waals surface area contributed by atoms with Crippen molar-refractivity contribution in [1.29, 1.82) is 5.26 Å². The summed E-state index contributed by atoms with van der Waals surface area (Å²) in [7, 11) is 0. The largest absolute Gasteiger partial charge is 0.397 e. The quantitative estimate of drug-likeness (QED) is 0.447. The molecule has 2 aromatic carbocycles. The number of aromatic nitrogens is 4. The van der Waals surface area contributed by atoms with Gasteiger partial charge in [0.2, 0.25) is 0 Å². The summed E-state index contributed by atoms with van der Waals surface area (Å²) in [5, 5.41) is 15.4. The highest BCUT2D eigenvalue weighted by Gasteiger charge is 2.21. The van der Waals surface area contributed by atoms with Crippen LogP contribution in [0.2, 0.25) is 5.02 Å². The lowest BCUT2D eigenvalue weighted by Gasteiger charge is -2.13. The van der Waals surface area contributed by atoms with Crippen LogP contribution in [0.3, 0.4) is 0 Å². The topological polar surface area (TPSA) is 119 Å². The lowest BCUT2D eigenvalue weighted by Crippen LogP contribution is -2.07. The summed E-state index contributed by atoms with van der Waals surface area (Å²) in [6.07, 6.45) is 0. The van der Waals surface area contributed by atoms with Crippen LogP contribution in [0, 0.1) is 11.3 Å². The summed E-state index contributed by atoms with van der Waals surface area (Å²) in [6.45, 7) is 0. The van der Waals surface area contributed by atoms with Gasteiger partial charge in [0.1, 0.15) is 17.5 Å². The van der Waals surface area contributed by atoms with Crippen LogP contribution in [0.5, 0.6) is 0 Å². The number of hydrogen-bond acceptors (Lipinski definition) is 6. The predicted octanol–water partition coefficient (Wildman–Crippen LogP) is 4.30. The van der Waals surface area contributed by atoms with E-state index in [1.807, 2.05) is 54.6 Å². The summed E-state index contributed by atoms with van der Waals surface area (Å²) >= 11 is 6.09. The van der Waals surface area contributed by atoms with Gasteiger partial charge in [-0.25, -0.2) is 14.5 Å². The van der Waals surface area contributed by atoms with Gasteiger partial charge in [-0.3, -0.25) is 0 Å². The number of rotatable bonds is 2. The molecule has 5 aromatic rings. The first-order chi connectivity index (χ1) is 14.6. The fourth-order valence-corrected chi connectivity index (χ4v) is 3.62. The van der Waals surface area contributed by atoms with Gasteiger partial charge in [-0.05, 0) is 12.1 Å². The number of nitriles is 1. The second-order valence-corrected chi connectivity index (χ2v) is 7.17. The average molecular weight is 412 g/mol. The number of anilines is 2. The molecule has 30 heavy (non-hydrogen) atoms. The Morgan fingerprint density at radius 3 is 2.37 bits per heavy atom. The molecule has 0 aliphatic rings. The maximum Gasteiger partial charge on any atom is 0.168 e. The Kier molecular flexibility index (Phi) is 4.02. The molecule has 0 radical (unpaired) electrons. The smallest absolute Gasteiger partial charge is 0.168 e. The minimum absolute atomic E-state index is 0.0456. The molecule has 0 aliphatic heterocycles. The normalized spacial score (nSPS) is 11.1. The molecule has 4 N–H and O–H groups in total. The highest BCUT2D eigenvalue weighted by atomic mass is 35.5. The lowest BCUT2D eigenvalue weighted by molar-refractivity contribution is 0.962. The number of fused-ring (bicyclic) bond motifs is 2. The van der Waals surface area contributed by atoms with Crippen molar-refractivity contribution in [3.8, 4) is 28.6 Å². The number of halogens is 1. The molecular formula is C22H14ClN7. The van der Waals surface area contributed by atoms with Crippen LogP contribution in [0.4, 0.5) is 11.5 Å². The Bertz CT molecular complexity index is 1470. The molecular weight excluding hydrogens is 398 g/mol. The van der Waals surface area contributed by atoms with Crippen molar-refractivity contribution in [1.82, 2.24) is 19.6 Å². The van der Waals surface area contributed by atoms with Gasteiger partial charge >= 0.3 is 0 Å². The number of nitrogens with zero attached hydrogens (tertiary/aromatic N) is 5. The van der Waals surface area contributed by atoms with Crippen molar-refractivity contribution in [3.63, 3.8) is 0 Å². The summed E-state index contributed by atoms with van der Waals surface area (Å²) < 4.78 is 1.71. The molecule has 0 saturated heterocycles. The monoisotopic (exact) mass is 411 g/mol. The number of hydrogen-bond donors (Lipinski definition) is 2. The molecule has 0 atom stereocenters. The van der Waals surface area contributed by atoms with Gasteiger partial charge < -0.3 is 11.5 Å². The maximum absolute atomic E-state index is 9.51. The first-order valence-electron chi connectivity index (χ1n) is 9.06. The van der Waals surface area contributed by atoms with Crippen LogP contribution >= 0.6 is 11.6 Å². The van der Waals surface area contributed by atoms with Crippen molar-refractivity contribution < 1.29 is 0 Å². The van der Waals surface area contributed by atoms with Crippen LogP contribution in [0.1, 0.15) is 5.56 Å². The van der Waals surface area contributed by atoms with Crippen molar-refractivity contribution in [2.45, 2.75) is 0 Å². The SMILES string of the molecule is N#Cc1c(N)nc2nc3cc(-c4ccccc4)nn3c(-c3ccc(Cl)cc3)c2c1N. The Hall–Kier alpha value is -4.15. The van der Waals surface area contributed by atoms with E-state index in [1.54, 1.807) is 16.6 Å². The zero-order chi connectivity index (χ0) is 20.8. The Balaban J connectivity index is 1.94. The minimum atomic E-state index is 0.0456. The molecule has 0 amide bonds. The Labute approximate surface area is 176 Å². The molecule has 3 heterocycles. The molecule has 144 valence electrons. The predicted molar refractivity (Wildman–Crippen MR) is 118 cm³/mol. The summed E-state index contributed by atoms with van der Waals surface area (Å²) in [4.78, 5) is 8.96. The second-order valence-electron chi connectivity index (χ2n) is 6.73. The van der Waals surface area contributed by atoms with E-state index in [-0.39, 0.29) is 17.1 Å². The minimum Gasteiger partial charge on any atom is -0.397 e. The number of nitrogen functional groups attached to an aromatic ring is 2. The van der Waals surface area contributed by atoms with E-state index in [9.17, 15) is 5.26 Å². The first kappa shape index (κ1) is 17.9. The van der Waals surface area contributed by atoms with Gasteiger partial charge in [-0.2, -0.15) is 10.4 Å². The van der Waals surface area contributed by atoms with E-state index in [2.05, 4.69) is 9.97 Å². The molecule has 0 bridgehead atoms. The number of pyridine rings is 1. The van der Waals surface area contributed by atoms with Gasteiger partial charge in [-0.15, -0.1) is 0 Å². The molecule has 0 aliphatic carbocycles. The molecule has 7 nitrogen and oxygen atoms in total. The van der Waals surface area contributed by atoms with Gasteiger partial charge in [-0.1, -0.05) is 54.1 Å². The third-order valence-electron chi connectivity index (χ3n) is 4.90. The van der Waals surface area contributed by atoms with Gasteiger partial charge in [0.25, 0.3) is 0 Å². The Morgan fingerprint density at radius 2 is 1.67 bits per heavy atom. The number of benzene rings is 2. The summed E-state index contributed by atoms with van der Waals surface area (Å²) in [5.41, 5.74) is 16.8. The highest BCUT2D eigenvalue weighted by Crippen LogP contribution is 2.36. The van der Waals surface area contributed by atoms with Crippen molar-refractivity contribution in [3.05, 3.63) is 71.2 Å². The van der Waals surface area contributed by atoms with Crippen LogP contribution < -0.4 is 11.5 Å². The third kappa shape index (κ3) is 2.70. The zero-order valence-corrected chi connectivity index (χ0v) is 16.3. The maximum atomic E-state index is 9.51. The van der Waals surface area contributed by atoms with Gasteiger partial charge in [0.05, 0.1) is 22.5 Å². The van der Waals surface area contributed by atoms with E-state index in [4.69, 9.17) is 28.2 Å². The van der Waals surface area contributed by atoms with Crippen molar-refractivity contribution in [2.24, 2.45) is 0 Å². The third-order valence-corrected chi connectivity index (χ3v) is 5.16. The number of nitrogens with two attached hydrogens (primary N) is 2. The summed E-state index contributed by atoms with van der Waals surface area (Å²) in [5.74, 6) is 0.0456. The van der Waals surface area contributed by atoms with E-state index in [1.165, 1.54) is 0 Å². The average Bonchev–Trinajstić information content (AvgIpc) is 3.18. The zero-order valence-electron chi connectivity index (χ0n) is 15.5. The molecule has 0 spiro atoms. The van der Waals surface area contributed by atoms with Crippen LogP contribution in [0.25, 0.3) is 39.2 Å². The standard InChI is InChI=1S/C22H14ClN7/c23-14-8-6-13(7-9-14)20-18-19(25)15(11-24)21(26)28-22(18)27-17-10-16(29-30(17)20)12-4-2-1-3-5-12/h1-10H,25H2,(H2,26,27,28). The van der Waals surface area contributed by atoms with Crippen LogP contribution in [-0.2, 0) is 0 Å². The first-order valence-corrected chi connectivity index (χ1v) is 9.44.